The molecule has 1 aliphatic heterocycles. The lowest BCUT2D eigenvalue weighted by Crippen LogP contribution is -2.51. The maximum atomic E-state index is 11.8. The van der Waals surface area contributed by atoms with Gasteiger partial charge in [-0.05, 0) is 53.1 Å². The summed E-state index contributed by atoms with van der Waals surface area (Å²) in [6, 6.07) is 0.331. The maximum absolute atomic E-state index is 11.8. The van der Waals surface area contributed by atoms with Crippen LogP contribution in [0, 0.1) is 0 Å². The van der Waals surface area contributed by atoms with Crippen molar-refractivity contribution in [3.63, 3.8) is 0 Å². The third kappa shape index (κ3) is 5.49. The Kier molecular flexibility index (Phi) is 6.80. The van der Waals surface area contributed by atoms with Gasteiger partial charge in [0.1, 0.15) is 5.54 Å². The van der Waals surface area contributed by atoms with Crippen LogP contribution in [0.4, 0.5) is 0 Å². The van der Waals surface area contributed by atoms with E-state index in [1.54, 1.807) is 6.92 Å². The van der Waals surface area contributed by atoms with Gasteiger partial charge in [-0.1, -0.05) is 19.3 Å². The molecule has 0 spiro atoms. The van der Waals surface area contributed by atoms with E-state index in [0.29, 0.717) is 19.1 Å². The van der Waals surface area contributed by atoms with E-state index >= 15 is 0 Å². The number of ether oxygens (including phenoxy) is 1. The Balaban J connectivity index is 2.51. The Hall–Kier alpha value is -0.610. The molecule has 1 heterocycles. The van der Waals surface area contributed by atoms with Crippen LogP contribution in [-0.2, 0) is 9.53 Å². The highest BCUT2D eigenvalue weighted by Gasteiger charge is 2.33. The second kappa shape index (κ2) is 7.85. The molecule has 0 aromatic carbocycles. The Morgan fingerprint density at radius 3 is 2.32 bits per heavy atom. The number of likely N-dealkylation sites (tertiary alicyclic amines) is 1. The van der Waals surface area contributed by atoms with Crippen molar-refractivity contribution < 1.29 is 9.53 Å². The third-order valence-electron chi connectivity index (χ3n) is 3.98. The predicted octanol–water partition coefficient (Wildman–Crippen LogP) is 2.31. The van der Waals surface area contributed by atoms with Gasteiger partial charge in [0.25, 0.3) is 0 Å². The molecule has 0 aliphatic carbocycles. The zero-order valence-corrected chi connectivity index (χ0v) is 12.8. The summed E-state index contributed by atoms with van der Waals surface area (Å²) >= 11 is 0. The van der Waals surface area contributed by atoms with Crippen LogP contribution < -0.4 is 5.73 Å². The molecule has 0 radical (unpaired) electrons. The molecule has 0 aromatic rings. The average molecular weight is 270 g/mol. The Morgan fingerprint density at radius 2 is 1.79 bits per heavy atom. The van der Waals surface area contributed by atoms with Gasteiger partial charge < -0.3 is 15.4 Å². The number of carbonyl (C=O) groups excluding carboxylic acids is 1. The molecule has 112 valence electrons. The summed E-state index contributed by atoms with van der Waals surface area (Å²) in [7, 11) is 0. The van der Waals surface area contributed by atoms with Crippen molar-refractivity contribution in [2.24, 2.45) is 5.73 Å². The van der Waals surface area contributed by atoms with E-state index < -0.39 is 5.54 Å². The van der Waals surface area contributed by atoms with E-state index in [4.69, 9.17) is 10.5 Å². The zero-order chi connectivity index (χ0) is 14.3. The van der Waals surface area contributed by atoms with Crippen molar-refractivity contribution >= 4 is 5.97 Å². The summed E-state index contributed by atoms with van der Waals surface area (Å²) in [5, 5.41) is 0. The average Bonchev–Trinajstić information content (AvgIpc) is 2.27. The fraction of sp³-hybridized carbons (Fsp3) is 0.933. The van der Waals surface area contributed by atoms with Gasteiger partial charge in [-0.3, -0.25) is 4.79 Å². The van der Waals surface area contributed by atoms with E-state index in [0.717, 1.165) is 13.1 Å². The number of esters is 1. The van der Waals surface area contributed by atoms with Crippen molar-refractivity contribution in [2.45, 2.75) is 70.9 Å². The van der Waals surface area contributed by atoms with Crippen molar-refractivity contribution in [1.29, 1.82) is 0 Å². The normalized spacial score (nSPS) is 22.9. The minimum Gasteiger partial charge on any atom is -0.465 e. The van der Waals surface area contributed by atoms with Gasteiger partial charge in [-0.15, -0.1) is 0 Å². The van der Waals surface area contributed by atoms with E-state index in [-0.39, 0.29) is 5.97 Å². The van der Waals surface area contributed by atoms with Crippen LogP contribution in [0.5, 0.6) is 0 Å². The first-order chi connectivity index (χ1) is 8.97. The fourth-order valence-electron chi connectivity index (χ4n) is 2.83. The number of nitrogens with two attached hydrogens (primary N) is 1. The summed E-state index contributed by atoms with van der Waals surface area (Å²) < 4.78 is 5.06. The Labute approximate surface area is 117 Å². The zero-order valence-electron chi connectivity index (χ0n) is 12.8. The summed E-state index contributed by atoms with van der Waals surface area (Å²) in [5.74, 6) is -0.283. The maximum Gasteiger partial charge on any atom is 0.325 e. The van der Waals surface area contributed by atoms with Crippen LogP contribution in [0.2, 0.25) is 0 Å². The standard InChI is InChI=1S/C15H30N2O2/c1-4-19-14(18)15(3,16)12-13(2)17-10-8-6-5-7-9-11-17/h13H,4-12,16H2,1-3H3. The SMILES string of the molecule is CCOC(=O)C(C)(N)CC(C)N1CCCCCCC1. The van der Waals surface area contributed by atoms with Crippen LogP contribution >= 0.6 is 0 Å². The van der Waals surface area contributed by atoms with Crippen molar-refractivity contribution in [1.82, 2.24) is 4.90 Å². The molecule has 19 heavy (non-hydrogen) atoms. The van der Waals surface area contributed by atoms with Crippen LogP contribution in [0.15, 0.2) is 0 Å². The quantitative estimate of drug-likeness (QED) is 0.779. The molecule has 1 rings (SSSR count). The van der Waals surface area contributed by atoms with Gasteiger partial charge in [0, 0.05) is 6.04 Å². The number of hydrogen-bond donors (Lipinski definition) is 1. The van der Waals surface area contributed by atoms with Gasteiger partial charge >= 0.3 is 5.97 Å². The van der Waals surface area contributed by atoms with E-state index in [9.17, 15) is 4.79 Å². The molecule has 4 heteroatoms. The molecular formula is C15H30N2O2. The Bertz CT molecular complexity index is 271. The smallest absolute Gasteiger partial charge is 0.325 e. The lowest BCUT2D eigenvalue weighted by molar-refractivity contribution is -0.149. The lowest BCUT2D eigenvalue weighted by atomic mass is 9.93. The highest BCUT2D eigenvalue weighted by atomic mass is 16.5. The van der Waals surface area contributed by atoms with E-state index in [1.165, 1.54) is 32.1 Å². The number of hydrogen-bond acceptors (Lipinski definition) is 4. The topological polar surface area (TPSA) is 55.6 Å². The minimum absolute atomic E-state index is 0.283. The summed E-state index contributed by atoms with van der Waals surface area (Å²) in [6.45, 7) is 8.41. The van der Waals surface area contributed by atoms with Gasteiger partial charge in [0.2, 0.25) is 0 Å². The first-order valence-corrected chi connectivity index (χ1v) is 7.67. The predicted molar refractivity (Wildman–Crippen MR) is 78.0 cm³/mol. The lowest BCUT2D eigenvalue weighted by Gasteiger charge is -2.34. The van der Waals surface area contributed by atoms with E-state index in [1.807, 2.05) is 6.92 Å². The second-order valence-electron chi connectivity index (χ2n) is 5.99. The summed E-state index contributed by atoms with van der Waals surface area (Å²) in [5.41, 5.74) is 5.25. The monoisotopic (exact) mass is 270 g/mol. The van der Waals surface area contributed by atoms with Gasteiger partial charge in [0.05, 0.1) is 6.61 Å². The summed E-state index contributed by atoms with van der Waals surface area (Å²) in [4.78, 5) is 14.3. The Morgan fingerprint density at radius 1 is 1.26 bits per heavy atom. The molecule has 0 bridgehead atoms. The van der Waals surface area contributed by atoms with Crippen LogP contribution in [0.1, 0.15) is 59.3 Å². The summed E-state index contributed by atoms with van der Waals surface area (Å²) in [6.07, 6.45) is 7.17. The van der Waals surface area contributed by atoms with Crippen LogP contribution in [0.3, 0.4) is 0 Å². The molecule has 1 fully saturated rings. The highest BCUT2D eigenvalue weighted by molar-refractivity contribution is 5.80. The minimum atomic E-state index is -0.877. The molecule has 1 saturated heterocycles. The molecule has 0 amide bonds. The van der Waals surface area contributed by atoms with Crippen molar-refractivity contribution in [2.75, 3.05) is 19.7 Å². The molecule has 2 unspecified atom stereocenters. The van der Waals surface area contributed by atoms with Gasteiger partial charge in [0.15, 0.2) is 0 Å². The molecule has 1 aliphatic rings. The first kappa shape index (κ1) is 16.4. The van der Waals surface area contributed by atoms with Crippen LogP contribution in [-0.4, -0.2) is 42.1 Å². The molecule has 0 aromatic heterocycles. The third-order valence-corrected chi connectivity index (χ3v) is 3.98. The highest BCUT2D eigenvalue weighted by Crippen LogP contribution is 2.19. The van der Waals surface area contributed by atoms with Gasteiger partial charge in [-0.2, -0.15) is 0 Å². The molecule has 2 N–H and O–H groups in total. The van der Waals surface area contributed by atoms with Crippen LogP contribution in [0.25, 0.3) is 0 Å². The number of rotatable bonds is 5. The second-order valence-corrected chi connectivity index (χ2v) is 5.99. The fourth-order valence-corrected chi connectivity index (χ4v) is 2.83. The molecule has 2 atom stereocenters. The first-order valence-electron chi connectivity index (χ1n) is 7.67. The molecular weight excluding hydrogens is 240 g/mol. The molecule has 4 nitrogen and oxygen atoms in total. The number of carbonyl (C=O) groups is 1. The van der Waals surface area contributed by atoms with E-state index in [2.05, 4.69) is 11.8 Å². The number of nitrogens with zero attached hydrogens (tertiary/aromatic N) is 1. The van der Waals surface area contributed by atoms with Gasteiger partial charge in [-0.25, -0.2) is 0 Å². The largest absolute Gasteiger partial charge is 0.465 e. The van der Waals surface area contributed by atoms with Crippen molar-refractivity contribution in [3.8, 4) is 0 Å². The molecule has 0 saturated carbocycles. The van der Waals surface area contributed by atoms with Crippen molar-refractivity contribution in [3.05, 3.63) is 0 Å².